The minimum atomic E-state index is -3.56. The van der Waals surface area contributed by atoms with Crippen molar-refractivity contribution in [2.45, 2.75) is 11.1 Å². The van der Waals surface area contributed by atoms with E-state index in [1.54, 1.807) is 29.6 Å². The van der Waals surface area contributed by atoms with E-state index in [1.807, 2.05) is 0 Å². The van der Waals surface area contributed by atoms with Gasteiger partial charge in [0.15, 0.2) is 0 Å². The zero-order valence-corrected chi connectivity index (χ0v) is 15.3. The zero-order valence-electron chi connectivity index (χ0n) is 12.1. The zero-order chi connectivity index (χ0) is 17.0. The summed E-state index contributed by atoms with van der Waals surface area (Å²) in [6.45, 7) is 1.63. The summed E-state index contributed by atoms with van der Waals surface area (Å²) in [5.41, 5.74) is 0.519. The summed E-state index contributed by atoms with van der Waals surface area (Å²) in [6.07, 6.45) is 0. The van der Waals surface area contributed by atoms with Crippen molar-refractivity contribution in [2.75, 3.05) is 18.0 Å². The molecule has 0 radical (unpaired) electrons. The molecule has 0 aliphatic rings. The summed E-state index contributed by atoms with van der Waals surface area (Å²) in [5.74, 6) is -0.237. The number of carbonyl (C=O) groups excluding carboxylic acids is 1. The highest BCUT2D eigenvalue weighted by Gasteiger charge is 2.17. The van der Waals surface area contributed by atoms with Gasteiger partial charge < -0.3 is 4.90 Å². The summed E-state index contributed by atoms with van der Waals surface area (Å²) < 4.78 is 26.8. The van der Waals surface area contributed by atoms with Crippen LogP contribution in [-0.4, -0.2) is 27.4 Å². The first-order valence-electron chi connectivity index (χ1n) is 6.57. The van der Waals surface area contributed by atoms with Crippen LogP contribution in [0.3, 0.4) is 0 Å². The fourth-order valence-corrected chi connectivity index (χ4v) is 4.52. The van der Waals surface area contributed by atoms with Crippen molar-refractivity contribution in [3.63, 3.8) is 0 Å². The number of nitrogens with zero attached hydrogens (tertiary/aromatic N) is 1. The monoisotopic (exact) mass is 392 g/mol. The molecule has 0 atom stereocenters. The molecule has 0 unspecified atom stereocenters. The molecule has 5 nitrogen and oxygen atoms in total. The van der Waals surface area contributed by atoms with Gasteiger partial charge in [0.25, 0.3) is 0 Å². The second-order valence-corrected chi connectivity index (χ2v) is 8.44. The number of nitrogens with one attached hydrogen (secondary N) is 1. The molecule has 0 bridgehead atoms. The molecule has 0 saturated heterocycles. The van der Waals surface area contributed by atoms with Gasteiger partial charge in [-0.1, -0.05) is 29.3 Å². The molecule has 0 spiro atoms. The van der Waals surface area contributed by atoms with E-state index in [1.165, 1.54) is 17.9 Å². The second-order valence-electron chi connectivity index (χ2n) is 4.63. The maximum absolute atomic E-state index is 12.0. The normalized spacial score (nSPS) is 11.4. The van der Waals surface area contributed by atoms with Crippen LogP contribution in [0.15, 0.2) is 39.9 Å². The van der Waals surface area contributed by atoms with Gasteiger partial charge >= 0.3 is 0 Å². The van der Waals surface area contributed by atoms with E-state index < -0.39 is 10.0 Å². The molecule has 1 aromatic heterocycles. The molecule has 1 N–H and O–H groups in total. The number of rotatable bonds is 6. The largest absolute Gasteiger partial charge is 0.311 e. The maximum Gasteiger partial charge on any atom is 0.250 e. The lowest BCUT2D eigenvalue weighted by Crippen LogP contribution is -2.37. The summed E-state index contributed by atoms with van der Waals surface area (Å²) in [5, 5.41) is 2.49. The van der Waals surface area contributed by atoms with Gasteiger partial charge in [-0.3, -0.25) is 4.79 Å². The van der Waals surface area contributed by atoms with Gasteiger partial charge in [-0.25, -0.2) is 13.1 Å². The van der Waals surface area contributed by atoms with E-state index in [9.17, 15) is 13.2 Å². The van der Waals surface area contributed by atoms with E-state index in [2.05, 4.69) is 4.72 Å². The number of halogens is 2. The van der Waals surface area contributed by atoms with E-state index in [0.717, 1.165) is 11.3 Å². The van der Waals surface area contributed by atoms with Crippen LogP contribution in [0.4, 0.5) is 5.69 Å². The van der Waals surface area contributed by atoms with Crippen molar-refractivity contribution < 1.29 is 13.2 Å². The standard InChI is InChI=1S/C14H14Cl2N2O3S2/c1-10(19)18(13-8-11(15)7-12(16)9-13)5-4-17-23(20,21)14-3-2-6-22-14/h2-3,6-9,17H,4-5H2,1H3. The van der Waals surface area contributed by atoms with Gasteiger partial charge in [0, 0.05) is 35.7 Å². The van der Waals surface area contributed by atoms with Crippen molar-refractivity contribution in [1.82, 2.24) is 4.72 Å². The Labute approximate surface area is 148 Å². The summed E-state index contributed by atoms with van der Waals surface area (Å²) >= 11 is 13.0. The minimum Gasteiger partial charge on any atom is -0.311 e. The Morgan fingerprint density at radius 1 is 1.26 bits per heavy atom. The Bertz CT molecular complexity index is 772. The highest BCUT2D eigenvalue weighted by Crippen LogP contribution is 2.25. The topological polar surface area (TPSA) is 66.5 Å². The molecule has 0 fully saturated rings. The Balaban J connectivity index is 2.08. The molecule has 0 aliphatic heterocycles. The Morgan fingerprint density at radius 3 is 2.43 bits per heavy atom. The van der Waals surface area contributed by atoms with Gasteiger partial charge in [0.05, 0.1) is 0 Å². The Hall–Kier alpha value is -1.12. The number of amides is 1. The molecule has 0 aliphatic carbocycles. The lowest BCUT2D eigenvalue weighted by Gasteiger charge is -2.21. The molecule has 23 heavy (non-hydrogen) atoms. The Morgan fingerprint density at radius 2 is 1.91 bits per heavy atom. The number of anilines is 1. The number of benzene rings is 1. The third-order valence-electron chi connectivity index (χ3n) is 2.93. The van der Waals surface area contributed by atoms with Crippen molar-refractivity contribution in [3.05, 3.63) is 45.8 Å². The molecule has 0 saturated carbocycles. The predicted octanol–water partition coefficient (Wildman–Crippen LogP) is 3.39. The molecule has 1 aromatic carbocycles. The fourth-order valence-electron chi connectivity index (χ4n) is 1.94. The molecule has 1 heterocycles. The smallest absolute Gasteiger partial charge is 0.250 e. The molecule has 2 rings (SSSR count). The third-order valence-corrected chi connectivity index (χ3v) is 6.22. The fraction of sp³-hybridized carbons (Fsp3) is 0.214. The lowest BCUT2D eigenvalue weighted by atomic mass is 10.3. The molecule has 1 amide bonds. The highest BCUT2D eigenvalue weighted by molar-refractivity contribution is 7.91. The molecule has 9 heteroatoms. The Kier molecular flexibility index (Phi) is 6.05. The summed E-state index contributed by atoms with van der Waals surface area (Å²) in [4.78, 5) is 13.2. The quantitative estimate of drug-likeness (QED) is 0.818. The second kappa shape index (κ2) is 7.63. The number of hydrogen-bond acceptors (Lipinski definition) is 4. The van der Waals surface area contributed by atoms with Crippen molar-refractivity contribution in [3.8, 4) is 0 Å². The number of thiophene rings is 1. The molecule has 124 valence electrons. The van der Waals surface area contributed by atoms with Gasteiger partial charge in [-0.15, -0.1) is 11.3 Å². The van der Waals surface area contributed by atoms with Crippen molar-refractivity contribution >= 4 is 56.2 Å². The third kappa shape index (κ3) is 4.92. The van der Waals surface area contributed by atoms with Crippen LogP contribution < -0.4 is 9.62 Å². The van der Waals surface area contributed by atoms with Crippen LogP contribution in [0, 0.1) is 0 Å². The van der Waals surface area contributed by atoms with Crippen LogP contribution in [0.25, 0.3) is 0 Å². The first-order chi connectivity index (χ1) is 10.8. The van der Waals surface area contributed by atoms with Gasteiger partial charge in [-0.05, 0) is 29.6 Å². The predicted molar refractivity (Wildman–Crippen MR) is 94.0 cm³/mol. The van der Waals surface area contributed by atoms with Gasteiger partial charge in [-0.2, -0.15) is 0 Å². The summed E-state index contributed by atoms with van der Waals surface area (Å²) in [7, 11) is -3.56. The first-order valence-corrected chi connectivity index (χ1v) is 9.69. The van der Waals surface area contributed by atoms with E-state index in [-0.39, 0.29) is 23.2 Å². The van der Waals surface area contributed by atoms with E-state index >= 15 is 0 Å². The minimum absolute atomic E-state index is 0.0734. The number of carbonyl (C=O) groups is 1. The van der Waals surface area contributed by atoms with Gasteiger partial charge in [0.2, 0.25) is 15.9 Å². The summed E-state index contributed by atoms with van der Waals surface area (Å²) in [6, 6.07) is 7.94. The van der Waals surface area contributed by atoms with E-state index in [4.69, 9.17) is 23.2 Å². The highest BCUT2D eigenvalue weighted by atomic mass is 35.5. The van der Waals surface area contributed by atoms with Crippen LogP contribution >= 0.6 is 34.5 Å². The maximum atomic E-state index is 12.0. The SMILES string of the molecule is CC(=O)N(CCNS(=O)(=O)c1cccs1)c1cc(Cl)cc(Cl)c1. The van der Waals surface area contributed by atoms with Crippen LogP contribution in [0.5, 0.6) is 0 Å². The first kappa shape index (κ1) is 18.2. The van der Waals surface area contributed by atoms with Crippen molar-refractivity contribution in [2.24, 2.45) is 0 Å². The molecular formula is C14H14Cl2N2O3S2. The van der Waals surface area contributed by atoms with Crippen molar-refractivity contribution in [1.29, 1.82) is 0 Å². The number of hydrogen-bond donors (Lipinski definition) is 1. The van der Waals surface area contributed by atoms with E-state index in [0.29, 0.717) is 15.7 Å². The van der Waals surface area contributed by atoms with Crippen LogP contribution in [0.2, 0.25) is 10.0 Å². The lowest BCUT2D eigenvalue weighted by molar-refractivity contribution is -0.116. The van der Waals surface area contributed by atoms with Gasteiger partial charge in [0.1, 0.15) is 4.21 Å². The molecular weight excluding hydrogens is 379 g/mol. The van der Waals surface area contributed by atoms with Crippen LogP contribution in [-0.2, 0) is 14.8 Å². The average Bonchev–Trinajstić information content (AvgIpc) is 2.96. The van der Waals surface area contributed by atoms with Crippen LogP contribution in [0.1, 0.15) is 6.92 Å². The molecule has 2 aromatic rings. The number of sulfonamides is 1. The average molecular weight is 393 g/mol.